The topological polar surface area (TPSA) is 15.8 Å². The van der Waals surface area contributed by atoms with E-state index in [0.717, 1.165) is 0 Å². The second kappa shape index (κ2) is 2.46. The third kappa shape index (κ3) is 1.05. The van der Waals surface area contributed by atoms with Crippen LogP contribution in [-0.4, -0.2) is 12.3 Å². The minimum absolute atomic E-state index is 1.20. The van der Waals surface area contributed by atoms with Gasteiger partial charge in [0.1, 0.15) is 7.28 Å². The number of rotatable bonds is 1. The highest BCUT2D eigenvalue weighted by molar-refractivity contribution is 6.52. The fourth-order valence-electron chi connectivity index (χ4n) is 1.25. The lowest BCUT2D eigenvalue weighted by Crippen LogP contribution is -2.08. The normalized spacial score (nSPS) is 10.3. The van der Waals surface area contributed by atoms with Crippen molar-refractivity contribution in [1.29, 1.82) is 0 Å². The molecule has 0 bridgehead atoms. The van der Waals surface area contributed by atoms with Crippen molar-refractivity contribution in [1.82, 2.24) is 4.98 Å². The smallest absolute Gasteiger partial charge is 0.148 e. The minimum atomic E-state index is 1.20. The first kappa shape index (κ1) is 6.53. The van der Waals surface area contributed by atoms with Gasteiger partial charge in [0, 0.05) is 11.7 Å². The molecule has 1 nitrogen and oxygen atoms in total. The molecule has 1 radical (unpaired) electrons. The molecule has 2 aromatic rings. The summed E-state index contributed by atoms with van der Waals surface area (Å²) in [5.41, 5.74) is 2.48. The number of nitrogens with one attached hydrogen (secondary N) is 1. The molecule has 11 heavy (non-hydrogen) atoms. The van der Waals surface area contributed by atoms with Crippen LogP contribution in [0.15, 0.2) is 30.5 Å². The van der Waals surface area contributed by atoms with E-state index >= 15 is 0 Å². The molecule has 0 fully saturated rings. The zero-order valence-electron chi connectivity index (χ0n) is 6.46. The number of hydrogen-bond donors (Lipinski definition) is 1. The molecule has 0 amide bonds. The van der Waals surface area contributed by atoms with Gasteiger partial charge in [-0.1, -0.05) is 24.4 Å². The molecule has 1 aromatic heterocycles. The molecule has 1 N–H and O–H groups in total. The highest BCUT2D eigenvalue weighted by Gasteiger charge is 1.94. The zero-order valence-corrected chi connectivity index (χ0v) is 6.46. The lowest BCUT2D eigenvalue weighted by atomic mass is 9.73. The molecule has 0 aliphatic carbocycles. The third-order valence-corrected chi connectivity index (χ3v) is 1.91. The van der Waals surface area contributed by atoms with Crippen molar-refractivity contribution in [2.45, 2.75) is 6.82 Å². The van der Waals surface area contributed by atoms with E-state index in [1.807, 2.05) is 13.0 Å². The lowest BCUT2D eigenvalue weighted by molar-refractivity contribution is 1.48. The standard InChI is InChI=1S/C9H9BN/c1-10-8-2-3-9-7(6-8)4-5-11-9/h2-6,11H,1H3. The van der Waals surface area contributed by atoms with E-state index < -0.39 is 0 Å². The Bertz CT molecular complexity index is 364. The predicted molar refractivity (Wildman–Crippen MR) is 49.6 cm³/mol. The molecule has 0 saturated carbocycles. The van der Waals surface area contributed by atoms with Gasteiger partial charge < -0.3 is 4.98 Å². The van der Waals surface area contributed by atoms with Gasteiger partial charge in [0.25, 0.3) is 0 Å². The van der Waals surface area contributed by atoms with Crippen LogP contribution in [0.5, 0.6) is 0 Å². The summed E-state index contributed by atoms with van der Waals surface area (Å²) in [4.78, 5) is 3.16. The van der Waals surface area contributed by atoms with Crippen LogP contribution in [0.1, 0.15) is 0 Å². The van der Waals surface area contributed by atoms with Gasteiger partial charge >= 0.3 is 0 Å². The summed E-state index contributed by atoms with van der Waals surface area (Å²) in [6.07, 6.45) is 1.96. The Labute approximate surface area is 66.7 Å². The first-order valence-corrected chi connectivity index (χ1v) is 3.76. The van der Waals surface area contributed by atoms with Gasteiger partial charge in [-0.15, -0.1) is 0 Å². The van der Waals surface area contributed by atoms with Gasteiger partial charge in [-0.2, -0.15) is 0 Å². The number of fused-ring (bicyclic) bond motifs is 1. The summed E-state index contributed by atoms with van der Waals surface area (Å²) in [6.45, 7) is 2.05. The highest BCUT2D eigenvalue weighted by Crippen LogP contribution is 2.08. The van der Waals surface area contributed by atoms with Crippen molar-refractivity contribution in [3.8, 4) is 0 Å². The summed E-state index contributed by atoms with van der Waals surface area (Å²) in [5, 5.41) is 1.28. The van der Waals surface area contributed by atoms with Gasteiger partial charge in [-0.3, -0.25) is 0 Å². The van der Waals surface area contributed by atoms with Gasteiger partial charge in [0.2, 0.25) is 0 Å². The van der Waals surface area contributed by atoms with E-state index in [9.17, 15) is 0 Å². The highest BCUT2D eigenvalue weighted by atomic mass is 14.7. The summed E-state index contributed by atoms with van der Waals surface area (Å²) >= 11 is 0. The van der Waals surface area contributed by atoms with Crippen molar-refractivity contribution in [2.24, 2.45) is 0 Å². The maximum Gasteiger partial charge on any atom is 0.148 e. The van der Waals surface area contributed by atoms with Crippen molar-refractivity contribution >= 4 is 23.6 Å². The van der Waals surface area contributed by atoms with Crippen molar-refractivity contribution in [3.63, 3.8) is 0 Å². The van der Waals surface area contributed by atoms with Crippen LogP contribution in [-0.2, 0) is 0 Å². The molecule has 0 aliphatic heterocycles. The number of benzene rings is 1. The molecule has 1 aromatic carbocycles. The van der Waals surface area contributed by atoms with E-state index in [4.69, 9.17) is 0 Å². The van der Waals surface area contributed by atoms with Gasteiger partial charge in [-0.05, 0) is 17.5 Å². The van der Waals surface area contributed by atoms with Gasteiger partial charge in [0.15, 0.2) is 0 Å². The molecule has 0 spiro atoms. The second-order valence-corrected chi connectivity index (χ2v) is 2.61. The Morgan fingerprint density at radius 2 is 2.18 bits per heavy atom. The van der Waals surface area contributed by atoms with Crippen molar-refractivity contribution in [2.75, 3.05) is 0 Å². The Kier molecular flexibility index (Phi) is 1.46. The Hall–Kier alpha value is -1.18. The zero-order chi connectivity index (χ0) is 7.68. The summed E-state index contributed by atoms with van der Waals surface area (Å²) < 4.78 is 0. The Balaban J connectivity index is 2.67. The third-order valence-electron chi connectivity index (χ3n) is 1.91. The minimum Gasteiger partial charge on any atom is -0.361 e. The summed E-state index contributed by atoms with van der Waals surface area (Å²) in [6, 6.07) is 8.47. The Morgan fingerprint density at radius 3 is 3.00 bits per heavy atom. The monoisotopic (exact) mass is 142 g/mol. The molecule has 1 heterocycles. The van der Waals surface area contributed by atoms with Crippen LogP contribution in [0, 0.1) is 0 Å². The number of hydrogen-bond acceptors (Lipinski definition) is 0. The van der Waals surface area contributed by atoms with E-state index in [1.165, 1.54) is 16.4 Å². The average Bonchev–Trinajstić information content (AvgIpc) is 2.50. The lowest BCUT2D eigenvalue weighted by Gasteiger charge is -1.94. The molecule has 0 atom stereocenters. The maximum absolute atomic E-state index is 3.16. The van der Waals surface area contributed by atoms with Crippen LogP contribution >= 0.6 is 0 Å². The average molecular weight is 142 g/mol. The van der Waals surface area contributed by atoms with Crippen LogP contribution in [0.4, 0.5) is 0 Å². The van der Waals surface area contributed by atoms with E-state index in [2.05, 4.69) is 36.5 Å². The molecule has 53 valence electrons. The van der Waals surface area contributed by atoms with Gasteiger partial charge in [-0.25, -0.2) is 0 Å². The molecule has 2 heteroatoms. The molecular weight excluding hydrogens is 133 g/mol. The fourth-order valence-corrected chi connectivity index (χ4v) is 1.25. The molecule has 2 rings (SSSR count). The number of H-pyrrole nitrogens is 1. The van der Waals surface area contributed by atoms with E-state index in [0.29, 0.717) is 0 Å². The number of aromatic nitrogens is 1. The molecular formula is C9H9BN. The quantitative estimate of drug-likeness (QED) is 0.581. The van der Waals surface area contributed by atoms with E-state index in [1.54, 1.807) is 0 Å². The first-order chi connectivity index (χ1) is 5.40. The largest absolute Gasteiger partial charge is 0.361 e. The Morgan fingerprint density at radius 1 is 1.27 bits per heavy atom. The predicted octanol–water partition coefficient (Wildman–Crippen LogP) is 1.55. The maximum atomic E-state index is 3.16. The molecule has 0 unspecified atom stereocenters. The molecule has 0 saturated heterocycles. The van der Waals surface area contributed by atoms with E-state index in [-0.39, 0.29) is 0 Å². The second-order valence-electron chi connectivity index (χ2n) is 2.61. The van der Waals surface area contributed by atoms with Crippen LogP contribution in [0.3, 0.4) is 0 Å². The van der Waals surface area contributed by atoms with Crippen LogP contribution in [0.2, 0.25) is 6.82 Å². The summed E-state index contributed by atoms with van der Waals surface area (Å²) in [7, 11) is 2.10. The first-order valence-electron chi connectivity index (χ1n) is 3.76. The van der Waals surface area contributed by atoms with Crippen LogP contribution < -0.4 is 5.46 Å². The molecule has 0 aliphatic rings. The van der Waals surface area contributed by atoms with Crippen LogP contribution in [0.25, 0.3) is 10.9 Å². The van der Waals surface area contributed by atoms with Crippen molar-refractivity contribution < 1.29 is 0 Å². The van der Waals surface area contributed by atoms with Gasteiger partial charge in [0.05, 0.1) is 0 Å². The summed E-state index contributed by atoms with van der Waals surface area (Å²) in [5.74, 6) is 0. The SMILES string of the molecule is C[B]c1ccc2[nH]ccc2c1. The van der Waals surface area contributed by atoms with Crippen molar-refractivity contribution in [3.05, 3.63) is 30.5 Å². The number of aromatic amines is 1. The fraction of sp³-hybridized carbons (Fsp3) is 0.111.